The third kappa shape index (κ3) is 2.96. The monoisotopic (exact) mass is 282 g/mol. The highest BCUT2D eigenvalue weighted by molar-refractivity contribution is 5.85. The predicted molar refractivity (Wildman–Crippen MR) is 89.3 cm³/mol. The molecule has 2 N–H and O–H groups in total. The summed E-state index contributed by atoms with van der Waals surface area (Å²) >= 11 is 0. The second-order valence-electron chi connectivity index (χ2n) is 6.51. The van der Waals surface area contributed by atoms with Crippen molar-refractivity contribution >= 4 is 10.8 Å². The zero-order valence-electron chi connectivity index (χ0n) is 13.0. The first-order valence-electron chi connectivity index (χ1n) is 8.36. The minimum atomic E-state index is 0.605. The van der Waals surface area contributed by atoms with Gasteiger partial charge in [0.25, 0.3) is 0 Å². The van der Waals surface area contributed by atoms with Gasteiger partial charge in [-0.15, -0.1) is 0 Å². The van der Waals surface area contributed by atoms with Crippen molar-refractivity contribution in [3.63, 3.8) is 0 Å². The smallest absolute Gasteiger partial charge is 0.0349 e. The van der Waals surface area contributed by atoms with E-state index in [-0.39, 0.29) is 0 Å². The van der Waals surface area contributed by atoms with Crippen molar-refractivity contribution in [3.8, 4) is 0 Å². The van der Waals surface area contributed by atoms with Crippen LogP contribution in [0.3, 0.4) is 0 Å². The lowest BCUT2D eigenvalue weighted by Gasteiger charge is -2.36. The third-order valence-electron chi connectivity index (χ3n) is 5.22. The number of hydrogen-bond donors (Lipinski definition) is 1. The molecule has 21 heavy (non-hydrogen) atoms. The average Bonchev–Trinajstić information content (AvgIpc) is 2.54. The molecule has 1 fully saturated rings. The molecule has 1 saturated carbocycles. The lowest BCUT2D eigenvalue weighted by molar-refractivity contribution is 0.231. The summed E-state index contributed by atoms with van der Waals surface area (Å²) < 4.78 is 0. The molecule has 0 aliphatic heterocycles. The topological polar surface area (TPSA) is 38.9 Å². The minimum Gasteiger partial charge on any atom is -0.330 e. The van der Waals surface area contributed by atoms with Crippen molar-refractivity contribution in [1.29, 1.82) is 0 Å². The van der Waals surface area contributed by atoms with Crippen LogP contribution < -0.4 is 5.73 Å². The second-order valence-corrected chi connectivity index (χ2v) is 6.51. The number of pyridine rings is 1. The molecule has 1 aromatic heterocycles. The van der Waals surface area contributed by atoms with Gasteiger partial charge in [-0.25, -0.2) is 0 Å². The van der Waals surface area contributed by atoms with Crippen molar-refractivity contribution in [2.45, 2.75) is 44.9 Å². The Hall–Kier alpha value is -1.41. The van der Waals surface area contributed by atoms with Gasteiger partial charge in [0.2, 0.25) is 0 Å². The summed E-state index contributed by atoms with van der Waals surface area (Å²) in [6.45, 7) is 3.10. The molecule has 1 aliphatic rings. The van der Waals surface area contributed by atoms with Crippen LogP contribution in [-0.2, 0) is 0 Å². The van der Waals surface area contributed by atoms with E-state index in [4.69, 9.17) is 5.73 Å². The quantitative estimate of drug-likeness (QED) is 0.897. The lowest BCUT2D eigenvalue weighted by Crippen LogP contribution is -2.29. The van der Waals surface area contributed by atoms with Gasteiger partial charge in [-0.2, -0.15) is 0 Å². The highest BCUT2D eigenvalue weighted by atomic mass is 14.6. The molecule has 2 aromatic rings. The van der Waals surface area contributed by atoms with E-state index < -0.39 is 0 Å². The minimum absolute atomic E-state index is 0.605. The molecule has 0 amide bonds. The fourth-order valence-electron chi connectivity index (χ4n) is 4.11. The Morgan fingerprint density at radius 1 is 1.24 bits per heavy atom. The molecule has 3 rings (SSSR count). The van der Waals surface area contributed by atoms with E-state index in [1.165, 1.54) is 48.4 Å². The van der Waals surface area contributed by atoms with Crippen LogP contribution in [0.5, 0.6) is 0 Å². The lowest BCUT2D eigenvalue weighted by atomic mass is 9.69. The number of nitrogens with zero attached hydrogens (tertiary/aromatic N) is 1. The van der Waals surface area contributed by atoms with Gasteiger partial charge in [0.1, 0.15) is 0 Å². The summed E-state index contributed by atoms with van der Waals surface area (Å²) in [7, 11) is 0. The van der Waals surface area contributed by atoms with Crippen LogP contribution in [-0.4, -0.2) is 11.5 Å². The SMILES string of the molecule is CCCC1CCC(CN)C(c2cccc3ccncc23)C1. The molecule has 3 atom stereocenters. The summed E-state index contributed by atoms with van der Waals surface area (Å²) in [5.41, 5.74) is 7.55. The van der Waals surface area contributed by atoms with E-state index in [0.29, 0.717) is 11.8 Å². The van der Waals surface area contributed by atoms with Gasteiger partial charge in [-0.05, 0) is 54.2 Å². The molecule has 3 unspecified atom stereocenters. The van der Waals surface area contributed by atoms with Crippen molar-refractivity contribution in [2.24, 2.45) is 17.6 Å². The van der Waals surface area contributed by atoms with Gasteiger partial charge in [0, 0.05) is 17.8 Å². The average molecular weight is 282 g/mol. The Morgan fingerprint density at radius 3 is 2.95 bits per heavy atom. The summed E-state index contributed by atoms with van der Waals surface area (Å²) in [5.74, 6) is 2.10. The maximum absolute atomic E-state index is 6.08. The molecule has 0 radical (unpaired) electrons. The summed E-state index contributed by atoms with van der Waals surface area (Å²) in [4.78, 5) is 4.34. The molecule has 1 aromatic carbocycles. The highest BCUT2D eigenvalue weighted by Gasteiger charge is 2.31. The maximum atomic E-state index is 6.08. The number of fused-ring (bicyclic) bond motifs is 1. The number of nitrogens with two attached hydrogens (primary N) is 1. The Kier molecular flexibility index (Phi) is 4.54. The fourth-order valence-corrected chi connectivity index (χ4v) is 4.11. The second kappa shape index (κ2) is 6.57. The molecular weight excluding hydrogens is 256 g/mol. The summed E-state index contributed by atoms with van der Waals surface area (Å²) in [6, 6.07) is 8.79. The normalized spacial score (nSPS) is 26.1. The molecule has 0 spiro atoms. The van der Waals surface area contributed by atoms with Crippen LogP contribution in [0.2, 0.25) is 0 Å². The van der Waals surface area contributed by atoms with E-state index in [9.17, 15) is 0 Å². The predicted octanol–water partition coefficient (Wildman–Crippen LogP) is 4.49. The zero-order valence-corrected chi connectivity index (χ0v) is 13.0. The summed E-state index contributed by atoms with van der Waals surface area (Å²) in [6.07, 6.45) is 10.5. The number of hydrogen-bond acceptors (Lipinski definition) is 2. The Balaban J connectivity index is 1.97. The Bertz CT molecular complexity index is 588. The number of rotatable bonds is 4. The van der Waals surface area contributed by atoms with Gasteiger partial charge < -0.3 is 5.73 Å². The number of aromatic nitrogens is 1. The van der Waals surface area contributed by atoms with Crippen LogP contribution >= 0.6 is 0 Å². The van der Waals surface area contributed by atoms with E-state index in [0.717, 1.165) is 12.5 Å². The Morgan fingerprint density at radius 2 is 2.14 bits per heavy atom. The summed E-state index contributed by atoms with van der Waals surface area (Å²) in [5, 5.41) is 2.62. The van der Waals surface area contributed by atoms with E-state index in [1.807, 2.05) is 12.4 Å². The van der Waals surface area contributed by atoms with Gasteiger partial charge in [0.05, 0.1) is 0 Å². The molecule has 2 nitrogen and oxygen atoms in total. The van der Waals surface area contributed by atoms with Crippen molar-refractivity contribution in [2.75, 3.05) is 6.54 Å². The zero-order chi connectivity index (χ0) is 14.7. The van der Waals surface area contributed by atoms with Crippen LogP contribution in [0.25, 0.3) is 10.8 Å². The van der Waals surface area contributed by atoms with Gasteiger partial charge in [-0.3, -0.25) is 4.98 Å². The van der Waals surface area contributed by atoms with Crippen molar-refractivity contribution < 1.29 is 0 Å². The Labute approximate surface area is 127 Å². The van der Waals surface area contributed by atoms with Crippen LogP contribution in [0.1, 0.15) is 50.5 Å². The molecule has 1 heterocycles. The van der Waals surface area contributed by atoms with E-state index >= 15 is 0 Å². The van der Waals surface area contributed by atoms with Gasteiger partial charge in [0.15, 0.2) is 0 Å². The molecule has 2 heteroatoms. The first-order chi connectivity index (χ1) is 10.3. The van der Waals surface area contributed by atoms with Crippen molar-refractivity contribution in [3.05, 3.63) is 42.2 Å². The van der Waals surface area contributed by atoms with E-state index in [1.54, 1.807) is 0 Å². The van der Waals surface area contributed by atoms with Crippen molar-refractivity contribution in [1.82, 2.24) is 4.98 Å². The fraction of sp³-hybridized carbons (Fsp3) is 0.526. The maximum Gasteiger partial charge on any atom is 0.0349 e. The molecular formula is C19H26N2. The number of benzene rings is 1. The molecule has 0 saturated heterocycles. The first kappa shape index (κ1) is 14.5. The van der Waals surface area contributed by atoms with Crippen LogP contribution in [0.15, 0.2) is 36.7 Å². The standard InChI is InChI=1S/C19H26N2/c1-2-4-14-7-8-16(12-20)18(11-14)17-6-3-5-15-9-10-21-13-19(15)17/h3,5-6,9-10,13-14,16,18H,2,4,7-8,11-12,20H2,1H3. The van der Waals surface area contributed by atoms with Crippen LogP contribution in [0, 0.1) is 11.8 Å². The third-order valence-corrected chi connectivity index (χ3v) is 5.22. The molecule has 112 valence electrons. The largest absolute Gasteiger partial charge is 0.330 e. The molecule has 0 bridgehead atoms. The first-order valence-corrected chi connectivity index (χ1v) is 8.36. The molecule has 1 aliphatic carbocycles. The van der Waals surface area contributed by atoms with Gasteiger partial charge in [-0.1, -0.05) is 44.4 Å². The highest BCUT2D eigenvalue weighted by Crippen LogP contribution is 2.43. The van der Waals surface area contributed by atoms with Gasteiger partial charge >= 0.3 is 0 Å². The van der Waals surface area contributed by atoms with Crippen LogP contribution in [0.4, 0.5) is 0 Å². The van der Waals surface area contributed by atoms with E-state index in [2.05, 4.69) is 36.2 Å².